The molecule has 1 aliphatic heterocycles. The number of amides is 1. The second-order valence-corrected chi connectivity index (χ2v) is 7.65. The molecule has 0 saturated carbocycles. The summed E-state index contributed by atoms with van der Waals surface area (Å²) in [7, 11) is 0. The highest BCUT2D eigenvalue weighted by Gasteiger charge is 2.41. The summed E-state index contributed by atoms with van der Waals surface area (Å²) in [6.07, 6.45) is 2.73. The van der Waals surface area contributed by atoms with Crippen LogP contribution in [-0.4, -0.2) is 40.6 Å². The molecule has 1 heterocycles. The van der Waals surface area contributed by atoms with E-state index in [1.807, 2.05) is 51.1 Å². The molecule has 0 spiro atoms. The predicted octanol–water partition coefficient (Wildman–Crippen LogP) is 2.73. The molecular weight excluding hydrogens is 300 g/mol. The van der Waals surface area contributed by atoms with Crippen LogP contribution < -0.4 is 5.32 Å². The lowest BCUT2D eigenvalue weighted by Gasteiger charge is -2.44. The quantitative estimate of drug-likeness (QED) is 0.789. The van der Waals surface area contributed by atoms with E-state index in [1.54, 1.807) is 11.0 Å². The van der Waals surface area contributed by atoms with Gasteiger partial charge in [0.1, 0.15) is 0 Å². The maximum absolute atomic E-state index is 12.9. The number of hydrogen-bond acceptors (Lipinski definition) is 3. The smallest absolute Gasteiger partial charge is 0.240 e. The van der Waals surface area contributed by atoms with E-state index >= 15 is 0 Å². The molecule has 0 aliphatic carbocycles. The van der Waals surface area contributed by atoms with Crippen LogP contribution >= 0.6 is 0 Å². The lowest BCUT2D eigenvalue weighted by atomic mass is 9.80. The Balaban J connectivity index is 2.05. The van der Waals surface area contributed by atoms with Crippen LogP contribution in [0.4, 0.5) is 0 Å². The van der Waals surface area contributed by atoms with Crippen molar-refractivity contribution in [2.24, 2.45) is 5.41 Å². The van der Waals surface area contributed by atoms with Gasteiger partial charge in [0.25, 0.3) is 0 Å². The van der Waals surface area contributed by atoms with Gasteiger partial charge in [0.05, 0.1) is 18.2 Å². The van der Waals surface area contributed by atoms with Crippen LogP contribution in [0, 0.1) is 5.41 Å². The molecule has 1 aliphatic rings. The van der Waals surface area contributed by atoms with E-state index in [4.69, 9.17) is 0 Å². The molecule has 1 aromatic rings. The van der Waals surface area contributed by atoms with Crippen molar-refractivity contribution in [2.45, 2.75) is 58.3 Å². The Morgan fingerprint density at radius 2 is 2.00 bits per heavy atom. The summed E-state index contributed by atoms with van der Waals surface area (Å²) in [5.41, 5.74) is 0.909. The Kier molecular flexibility index (Phi) is 6.19. The highest BCUT2D eigenvalue weighted by molar-refractivity contribution is 5.83. The first-order valence-corrected chi connectivity index (χ1v) is 8.71. The lowest BCUT2D eigenvalue weighted by Crippen LogP contribution is -2.60. The van der Waals surface area contributed by atoms with Crippen LogP contribution in [0.25, 0.3) is 0 Å². The van der Waals surface area contributed by atoms with Crippen LogP contribution in [0.5, 0.6) is 0 Å². The zero-order chi connectivity index (χ0) is 17.7. The third-order valence-electron chi connectivity index (χ3n) is 4.71. The van der Waals surface area contributed by atoms with E-state index in [9.17, 15) is 9.90 Å². The molecule has 2 N–H and O–H groups in total. The van der Waals surface area contributed by atoms with Crippen molar-refractivity contribution >= 4 is 5.91 Å². The third kappa shape index (κ3) is 4.46. The van der Waals surface area contributed by atoms with Crippen LogP contribution in [0.3, 0.4) is 0 Å². The fraction of sp³-hybridized carbons (Fsp3) is 0.550. The van der Waals surface area contributed by atoms with E-state index in [2.05, 4.69) is 11.9 Å². The number of rotatable bonds is 6. The summed E-state index contributed by atoms with van der Waals surface area (Å²) in [5.74, 6) is 0.0605. The monoisotopic (exact) mass is 330 g/mol. The molecule has 0 radical (unpaired) electrons. The van der Waals surface area contributed by atoms with Crippen molar-refractivity contribution in [2.75, 3.05) is 6.54 Å². The van der Waals surface area contributed by atoms with E-state index < -0.39 is 6.10 Å². The third-order valence-corrected chi connectivity index (χ3v) is 4.71. The minimum absolute atomic E-state index is 0.0605. The van der Waals surface area contributed by atoms with Crippen LogP contribution in [0.15, 0.2) is 43.0 Å². The Labute approximate surface area is 145 Å². The molecule has 0 bridgehead atoms. The Hall–Kier alpha value is -1.65. The lowest BCUT2D eigenvalue weighted by molar-refractivity contribution is -0.144. The molecule has 1 saturated heterocycles. The molecule has 4 nitrogen and oxygen atoms in total. The fourth-order valence-corrected chi connectivity index (χ4v) is 3.28. The highest BCUT2D eigenvalue weighted by atomic mass is 16.3. The molecule has 2 rings (SSSR count). The SMILES string of the molecule is C=CCN1C(=O)[C@@H](NCc2ccccc2)CCC1C(O)C(C)(C)C. The summed E-state index contributed by atoms with van der Waals surface area (Å²) >= 11 is 0. The average molecular weight is 330 g/mol. The number of carbonyl (C=O) groups is 1. The minimum Gasteiger partial charge on any atom is -0.390 e. The molecular formula is C20H30N2O2. The molecule has 1 aromatic carbocycles. The van der Waals surface area contributed by atoms with Crippen molar-refractivity contribution in [3.8, 4) is 0 Å². The number of piperidine rings is 1. The number of hydrogen-bond donors (Lipinski definition) is 2. The van der Waals surface area contributed by atoms with Crippen LogP contribution in [0.2, 0.25) is 0 Å². The number of nitrogens with zero attached hydrogens (tertiary/aromatic N) is 1. The molecule has 3 atom stereocenters. The number of carbonyl (C=O) groups excluding carboxylic acids is 1. The summed E-state index contributed by atoms with van der Waals surface area (Å²) in [6, 6.07) is 9.74. The summed E-state index contributed by atoms with van der Waals surface area (Å²) < 4.78 is 0. The second kappa shape index (κ2) is 7.95. The van der Waals surface area contributed by atoms with Gasteiger partial charge in [-0.3, -0.25) is 4.79 Å². The number of aliphatic hydroxyl groups is 1. The Morgan fingerprint density at radius 1 is 1.33 bits per heavy atom. The first-order valence-electron chi connectivity index (χ1n) is 8.71. The molecule has 4 heteroatoms. The van der Waals surface area contributed by atoms with E-state index in [0.29, 0.717) is 13.1 Å². The standard InChI is InChI=1S/C20H30N2O2/c1-5-13-22-17(18(23)20(2,3)4)12-11-16(19(22)24)21-14-15-9-7-6-8-10-15/h5-10,16-18,21,23H,1,11-14H2,2-4H3/t16-,17?,18?/m0/s1. The predicted molar refractivity (Wildman–Crippen MR) is 97.5 cm³/mol. The summed E-state index contributed by atoms with van der Waals surface area (Å²) in [5, 5.41) is 14.0. The molecule has 2 unspecified atom stereocenters. The van der Waals surface area contributed by atoms with Gasteiger partial charge in [0.2, 0.25) is 5.91 Å². The summed E-state index contributed by atoms with van der Waals surface area (Å²) in [6.45, 7) is 10.9. The number of nitrogens with one attached hydrogen (secondary N) is 1. The van der Waals surface area contributed by atoms with Gasteiger partial charge in [-0.05, 0) is 23.8 Å². The minimum atomic E-state index is -0.545. The number of benzene rings is 1. The van der Waals surface area contributed by atoms with Crippen molar-refractivity contribution in [3.63, 3.8) is 0 Å². The first kappa shape index (κ1) is 18.7. The van der Waals surface area contributed by atoms with Crippen molar-refractivity contribution in [1.29, 1.82) is 0 Å². The van der Waals surface area contributed by atoms with Crippen LogP contribution in [-0.2, 0) is 11.3 Å². The van der Waals surface area contributed by atoms with Gasteiger partial charge >= 0.3 is 0 Å². The second-order valence-electron chi connectivity index (χ2n) is 7.65. The van der Waals surface area contributed by atoms with E-state index in [0.717, 1.165) is 18.4 Å². The molecule has 132 valence electrons. The average Bonchev–Trinajstić information content (AvgIpc) is 2.55. The number of aliphatic hydroxyl groups excluding tert-OH is 1. The largest absolute Gasteiger partial charge is 0.390 e. The van der Waals surface area contributed by atoms with Crippen molar-refractivity contribution in [3.05, 3.63) is 48.6 Å². The maximum atomic E-state index is 12.9. The van der Waals surface area contributed by atoms with Gasteiger partial charge in [-0.2, -0.15) is 0 Å². The van der Waals surface area contributed by atoms with Gasteiger partial charge in [-0.1, -0.05) is 57.2 Å². The Morgan fingerprint density at radius 3 is 2.58 bits per heavy atom. The maximum Gasteiger partial charge on any atom is 0.240 e. The highest BCUT2D eigenvalue weighted by Crippen LogP contribution is 2.30. The van der Waals surface area contributed by atoms with Crippen molar-refractivity contribution in [1.82, 2.24) is 10.2 Å². The van der Waals surface area contributed by atoms with Crippen LogP contribution in [0.1, 0.15) is 39.2 Å². The fourth-order valence-electron chi connectivity index (χ4n) is 3.28. The van der Waals surface area contributed by atoms with Gasteiger partial charge < -0.3 is 15.3 Å². The van der Waals surface area contributed by atoms with E-state index in [-0.39, 0.29) is 23.4 Å². The molecule has 1 fully saturated rings. The van der Waals surface area contributed by atoms with Gasteiger partial charge in [0, 0.05) is 13.1 Å². The van der Waals surface area contributed by atoms with E-state index in [1.165, 1.54) is 0 Å². The molecule has 1 amide bonds. The van der Waals surface area contributed by atoms with Gasteiger partial charge in [-0.15, -0.1) is 6.58 Å². The zero-order valence-electron chi connectivity index (χ0n) is 15.0. The van der Waals surface area contributed by atoms with Crippen molar-refractivity contribution < 1.29 is 9.90 Å². The normalized spacial score (nSPS) is 23.2. The number of likely N-dealkylation sites (tertiary alicyclic amines) is 1. The molecule has 0 aromatic heterocycles. The zero-order valence-corrected chi connectivity index (χ0v) is 15.0. The molecule has 24 heavy (non-hydrogen) atoms. The Bertz CT molecular complexity index is 551. The first-order chi connectivity index (χ1) is 11.3. The topological polar surface area (TPSA) is 52.6 Å². The summed E-state index contributed by atoms with van der Waals surface area (Å²) in [4.78, 5) is 14.7. The van der Waals surface area contributed by atoms with Gasteiger partial charge in [-0.25, -0.2) is 0 Å². The van der Waals surface area contributed by atoms with Gasteiger partial charge in [0.15, 0.2) is 0 Å².